The molecule has 2 N–H and O–H groups in total. The summed E-state index contributed by atoms with van der Waals surface area (Å²) in [6.07, 6.45) is 3.39. The fourth-order valence-corrected chi connectivity index (χ4v) is 2.10. The normalized spacial score (nSPS) is 17.4. The molecule has 1 saturated heterocycles. The van der Waals surface area contributed by atoms with Crippen LogP contribution in [0.1, 0.15) is 40.0 Å². The van der Waals surface area contributed by atoms with Crippen molar-refractivity contribution in [2.45, 2.75) is 46.1 Å². The van der Waals surface area contributed by atoms with E-state index in [-0.39, 0.29) is 24.4 Å². The van der Waals surface area contributed by atoms with Gasteiger partial charge in [-0.2, -0.15) is 0 Å². The Morgan fingerprint density at radius 1 is 1.11 bits per heavy atom. The maximum Gasteiger partial charge on any atom is 0.239 e. The molecule has 1 unspecified atom stereocenters. The number of amides is 2. The first-order valence-corrected chi connectivity index (χ1v) is 7.29. The lowest BCUT2D eigenvalue weighted by Gasteiger charge is -2.29. The zero-order chi connectivity index (χ0) is 14.3. The van der Waals surface area contributed by atoms with Crippen molar-refractivity contribution in [1.29, 1.82) is 0 Å². The van der Waals surface area contributed by atoms with Gasteiger partial charge in [0.15, 0.2) is 0 Å². The van der Waals surface area contributed by atoms with E-state index >= 15 is 0 Å². The van der Waals surface area contributed by atoms with E-state index in [1.165, 1.54) is 6.42 Å². The van der Waals surface area contributed by atoms with Gasteiger partial charge in [-0.15, -0.1) is 0 Å². The molecular weight excluding hydrogens is 242 g/mol. The molecule has 19 heavy (non-hydrogen) atoms. The number of hydrogen-bond acceptors (Lipinski definition) is 3. The van der Waals surface area contributed by atoms with Crippen LogP contribution in [0.3, 0.4) is 0 Å². The minimum atomic E-state index is -0.289. The Bertz CT molecular complexity index is 299. The molecule has 1 aliphatic heterocycles. The van der Waals surface area contributed by atoms with Crippen molar-refractivity contribution >= 4 is 11.8 Å². The highest BCUT2D eigenvalue weighted by molar-refractivity contribution is 5.83. The summed E-state index contributed by atoms with van der Waals surface area (Å²) in [5, 5.41) is 5.83. The van der Waals surface area contributed by atoms with E-state index in [1.54, 1.807) is 0 Å². The first-order valence-electron chi connectivity index (χ1n) is 7.29. The highest BCUT2D eigenvalue weighted by atomic mass is 16.2. The summed E-state index contributed by atoms with van der Waals surface area (Å²) in [5.41, 5.74) is 0. The Morgan fingerprint density at radius 2 is 1.74 bits per heavy atom. The first-order chi connectivity index (χ1) is 9.00. The van der Waals surface area contributed by atoms with Crippen LogP contribution in [0.2, 0.25) is 0 Å². The number of nitrogens with one attached hydrogen (secondary N) is 2. The van der Waals surface area contributed by atoms with E-state index < -0.39 is 0 Å². The molecule has 5 heteroatoms. The van der Waals surface area contributed by atoms with Gasteiger partial charge in [0.05, 0.1) is 12.6 Å². The molecular formula is C14H27N3O2. The van der Waals surface area contributed by atoms with Crippen molar-refractivity contribution in [3.05, 3.63) is 0 Å². The van der Waals surface area contributed by atoms with E-state index in [9.17, 15) is 9.59 Å². The van der Waals surface area contributed by atoms with Gasteiger partial charge in [0.1, 0.15) is 0 Å². The van der Waals surface area contributed by atoms with Gasteiger partial charge in [-0.05, 0) is 32.1 Å². The predicted octanol–water partition coefficient (Wildman–Crippen LogP) is 0.749. The second kappa shape index (κ2) is 8.15. The molecule has 0 spiro atoms. The second-order valence-corrected chi connectivity index (χ2v) is 5.69. The third kappa shape index (κ3) is 6.05. The Kier molecular flexibility index (Phi) is 6.84. The Hall–Kier alpha value is -1.10. The van der Waals surface area contributed by atoms with Crippen LogP contribution in [-0.4, -0.2) is 48.9 Å². The van der Waals surface area contributed by atoms with Crippen LogP contribution >= 0.6 is 0 Å². The minimum Gasteiger partial charge on any atom is -0.355 e. The van der Waals surface area contributed by atoms with Crippen molar-refractivity contribution in [1.82, 2.24) is 15.5 Å². The SMILES string of the molecule is CC(C)CNC(=O)CNC(C)C(=O)N1CCCCC1. The summed E-state index contributed by atoms with van der Waals surface area (Å²) >= 11 is 0. The number of nitrogens with zero attached hydrogens (tertiary/aromatic N) is 1. The number of carbonyl (C=O) groups is 2. The smallest absolute Gasteiger partial charge is 0.239 e. The standard InChI is InChI=1S/C14H27N3O2/c1-11(2)9-16-13(18)10-15-12(3)14(19)17-7-5-4-6-8-17/h11-12,15H,4-10H2,1-3H3,(H,16,18). The van der Waals surface area contributed by atoms with Crippen molar-refractivity contribution in [3.8, 4) is 0 Å². The summed E-state index contributed by atoms with van der Waals surface area (Å²) in [5.74, 6) is 0.500. The molecule has 110 valence electrons. The number of rotatable bonds is 6. The van der Waals surface area contributed by atoms with Crippen molar-refractivity contribution in [2.75, 3.05) is 26.2 Å². The minimum absolute atomic E-state index is 0.0491. The molecule has 0 aliphatic carbocycles. The quantitative estimate of drug-likeness (QED) is 0.748. The summed E-state index contributed by atoms with van der Waals surface area (Å²) in [4.78, 5) is 25.6. The number of piperidine rings is 1. The molecule has 1 fully saturated rings. The lowest BCUT2D eigenvalue weighted by molar-refractivity contribution is -0.134. The molecule has 0 aromatic carbocycles. The molecule has 0 aromatic rings. The fourth-order valence-electron chi connectivity index (χ4n) is 2.10. The summed E-state index contributed by atoms with van der Waals surface area (Å²) in [7, 11) is 0. The highest BCUT2D eigenvalue weighted by Crippen LogP contribution is 2.09. The first kappa shape index (κ1) is 16.0. The molecule has 1 atom stereocenters. The third-order valence-electron chi connectivity index (χ3n) is 3.31. The van der Waals surface area contributed by atoms with Crippen molar-refractivity contribution < 1.29 is 9.59 Å². The zero-order valence-corrected chi connectivity index (χ0v) is 12.4. The largest absolute Gasteiger partial charge is 0.355 e. The summed E-state index contributed by atoms with van der Waals surface area (Å²) < 4.78 is 0. The molecule has 0 radical (unpaired) electrons. The van der Waals surface area contributed by atoms with Crippen LogP contribution in [0.5, 0.6) is 0 Å². The Balaban J connectivity index is 2.23. The van der Waals surface area contributed by atoms with E-state index in [0.29, 0.717) is 12.5 Å². The maximum atomic E-state index is 12.1. The van der Waals surface area contributed by atoms with E-state index in [4.69, 9.17) is 0 Å². The van der Waals surface area contributed by atoms with Crippen molar-refractivity contribution in [3.63, 3.8) is 0 Å². The molecule has 5 nitrogen and oxygen atoms in total. The van der Waals surface area contributed by atoms with Crippen LogP contribution in [0.25, 0.3) is 0 Å². The van der Waals surface area contributed by atoms with Crippen LogP contribution in [0.15, 0.2) is 0 Å². The van der Waals surface area contributed by atoms with Crippen LogP contribution in [-0.2, 0) is 9.59 Å². The summed E-state index contributed by atoms with van der Waals surface area (Å²) in [6, 6.07) is -0.289. The zero-order valence-electron chi connectivity index (χ0n) is 12.4. The van der Waals surface area contributed by atoms with Gasteiger partial charge < -0.3 is 10.2 Å². The van der Waals surface area contributed by atoms with E-state index in [2.05, 4.69) is 24.5 Å². The fraction of sp³-hybridized carbons (Fsp3) is 0.857. The predicted molar refractivity (Wildman–Crippen MR) is 75.7 cm³/mol. The number of hydrogen-bond donors (Lipinski definition) is 2. The van der Waals surface area contributed by atoms with Crippen LogP contribution in [0.4, 0.5) is 0 Å². The summed E-state index contributed by atoms with van der Waals surface area (Å²) in [6.45, 7) is 8.51. The topological polar surface area (TPSA) is 61.4 Å². The van der Waals surface area contributed by atoms with Gasteiger partial charge in [-0.3, -0.25) is 14.9 Å². The average Bonchev–Trinajstić information content (AvgIpc) is 2.42. The lowest BCUT2D eigenvalue weighted by atomic mass is 10.1. The molecule has 1 rings (SSSR count). The maximum absolute atomic E-state index is 12.1. The lowest BCUT2D eigenvalue weighted by Crippen LogP contribution is -2.49. The van der Waals surface area contributed by atoms with Crippen LogP contribution in [0, 0.1) is 5.92 Å². The average molecular weight is 269 g/mol. The molecule has 1 aliphatic rings. The van der Waals surface area contributed by atoms with E-state index in [0.717, 1.165) is 25.9 Å². The van der Waals surface area contributed by atoms with Gasteiger partial charge in [-0.25, -0.2) is 0 Å². The van der Waals surface area contributed by atoms with Gasteiger partial charge in [0.2, 0.25) is 11.8 Å². The van der Waals surface area contributed by atoms with Gasteiger partial charge in [0.25, 0.3) is 0 Å². The number of carbonyl (C=O) groups excluding carboxylic acids is 2. The van der Waals surface area contributed by atoms with Gasteiger partial charge in [0, 0.05) is 19.6 Å². The third-order valence-corrected chi connectivity index (χ3v) is 3.31. The number of likely N-dealkylation sites (tertiary alicyclic amines) is 1. The van der Waals surface area contributed by atoms with Gasteiger partial charge >= 0.3 is 0 Å². The van der Waals surface area contributed by atoms with Crippen molar-refractivity contribution in [2.24, 2.45) is 5.92 Å². The molecule has 0 bridgehead atoms. The molecule has 1 heterocycles. The molecule has 0 aromatic heterocycles. The Morgan fingerprint density at radius 3 is 2.32 bits per heavy atom. The highest BCUT2D eigenvalue weighted by Gasteiger charge is 2.22. The van der Waals surface area contributed by atoms with E-state index in [1.807, 2.05) is 11.8 Å². The molecule has 0 saturated carbocycles. The monoisotopic (exact) mass is 269 g/mol. The molecule has 2 amide bonds. The second-order valence-electron chi connectivity index (χ2n) is 5.69. The van der Waals surface area contributed by atoms with Gasteiger partial charge in [-0.1, -0.05) is 13.8 Å². The Labute approximate surface area is 116 Å². The van der Waals surface area contributed by atoms with Crippen LogP contribution < -0.4 is 10.6 Å².